The number of nitrogens with one attached hydrogen (secondary N) is 2. The maximum Gasteiger partial charge on any atom is 0.416 e. The third-order valence-electron chi connectivity index (χ3n) is 3.44. The molecular weight excluding hydrogens is 319 g/mol. The van der Waals surface area contributed by atoms with E-state index in [1.54, 1.807) is 6.20 Å². The van der Waals surface area contributed by atoms with Crippen LogP contribution in [-0.4, -0.2) is 17.1 Å². The lowest BCUT2D eigenvalue weighted by Gasteiger charge is -2.07. The molecule has 0 saturated carbocycles. The summed E-state index contributed by atoms with van der Waals surface area (Å²) in [6.45, 7) is 0. The van der Waals surface area contributed by atoms with Crippen molar-refractivity contribution in [1.82, 2.24) is 10.4 Å². The summed E-state index contributed by atoms with van der Waals surface area (Å²) >= 11 is 0. The van der Waals surface area contributed by atoms with Crippen LogP contribution in [0.5, 0.6) is 0 Å². The standard InChI is InChI=1S/C17H12F3N3O/c18-17(19,20)13-5-3-4-11(8-13)16(24)23-22-10-12-9-21-15-7-2-1-6-14(12)15/h1-10,21H,(H,23,24)/b22-10+. The lowest BCUT2D eigenvalue weighted by atomic mass is 10.1. The number of para-hydroxylation sites is 1. The highest BCUT2D eigenvalue weighted by Crippen LogP contribution is 2.29. The van der Waals surface area contributed by atoms with Gasteiger partial charge in [0, 0.05) is 28.2 Å². The van der Waals surface area contributed by atoms with E-state index in [1.807, 2.05) is 24.3 Å². The molecule has 1 heterocycles. The fraction of sp³-hybridized carbons (Fsp3) is 0.0588. The largest absolute Gasteiger partial charge is 0.416 e. The van der Waals surface area contributed by atoms with E-state index in [2.05, 4.69) is 15.5 Å². The lowest BCUT2D eigenvalue weighted by Crippen LogP contribution is -2.18. The molecule has 0 atom stereocenters. The highest BCUT2D eigenvalue weighted by Gasteiger charge is 2.30. The third-order valence-corrected chi connectivity index (χ3v) is 3.44. The molecule has 0 aliphatic carbocycles. The minimum atomic E-state index is -4.50. The topological polar surface area (TPSA) is 57.2 Å². The van der Waals surface area contributed by atoms with Crippen molar-refractivity contribution in [2.45, 2.75) is 6.18 Å². The molecule has 0 aliphatic heterocycles. The molecule has 1 aromatic heterocycles. The van der Waals surface area contributed by atoms with Gasteiger partial charge in [0.15, 0.2) is 0 Å². The van der Waals surface area contributed by atoms with Crippen LogP contribution in [-0.2, 0) is 6.18 Å². The first-order valence-electron chi connectivity index (χ1n) is 7.02. The van der Waals surface area contributed by atoms with E-state index in [0.717, 1.165) is 28.6 Å². The highest BCUT2D eigenvalue weighted by atomic mass is 19.4. The summed E-state index contributed by atoms with van der Waals surface area (Å²) in [6, 6.07) is 11.7. The maximum atomic E-state index is 12.7. The number of fused-ring (bicyclic) bond motifs is 1. The van der Waals surface area contributed by atoms with Crippen molar-refractivity contribution >= 4 is 23.0 Å². The molecule has 3 aromatic rings. The Bertz CT molecular complexity index is 913. The summed E-state index contributed by atoms with van der Waals surface area (Å²) in [7, 11) is 0. The number of aromatic nitrogens is 1. The molecule has 0 bridgehead atoms. The molecule has 2 aromatic carbocycles. The van der Waals surface area contributed by atoms with E-state index in [-0.39, 0.29) is 5.56 Å². The first-order chi connectivity index (χ1) is 11.4. The number of hydrogen-bond donors (Lipinski definition) is 2. The normalized spacial score (nSPS) is 12.0. The number of rotatable bonds is 3. The fourth-order valence-corrected chi connectivity index (χ4v) is 2.26. The molecular formula is C17H12F3N3O. The molecule has 1 amide bonds. The first kappa shape index (κ1) is 15.8. The molecule has 0 radical (unpaired) electrons. The predicted molar refractivity (Wildman–Crippen MR) is 84.8 cm³/mol. The van der Waals surface area contributed by atoms with Gasteiger partial charge in [-0.3, -0.25) is 4.79 Å². The van der Waals surface area contributed by atoms with Gasteiger partial charge in [-0.05, 0) is 24.3 Å². The number of carbonyl (C=O) groups is 1. The van der Waals surface area contributed by atoms with Crippen molar-refractivity contribution in [2.24, 2.45) is 5.10 Å². The Morgan fingerprint density at radius 1 is 1.12 bits per heavy atom. The van der Waals surface area contributed by atoms with Crippen molar-refractivity contribution in [3.63, 3.8) is 0 Å². The zero-order valence-corrected chi connectivity index (χ0v) is 12.3. The predicted octanol–water partition coefficient (Wildman–Crippen LogP) is 3.95. The molecule has 0 spiro atoms. The van der Waals surface area contributed by atoms with E-state index in [0.29, 0.717) is 0 Å². The Hall–Kier alpha value is -3.09. The second kappa shape index (κ2) is 6.19. The second-order valence-corrected chi connectivity index (χ2v) is 5.07. The molecule has 0 aliphatic rings. The molecule has 0 unspecified atom stereocenters. The van der Waals surface area contributed by atoms with E-state index < -0.39 is 17.6 Å². The zero-order chi connectivity index (χ0) is 17.2. The van der Waals surface area contributed by atoms with Gasteiger partial charge in [-0.25, -0.2) is 5.43 Å². The Labute approximate surface area is 135 Å². The minimum Gasteiger partial charge on any atom is -0.361 e. The van der Waals surface area contributed by atoms with Gasteiger partial charge >= 0.3 is 6.18 Å². The van der Waals surface area contributed by atoms with Crippen molar-refractivity contribution in [3.8, 4) is 0 Å². The SMILES string of the molecule is O=C(N/N=C/c1c[nH]c2ccccc12)c1cccc(C(F)(F)F)c1. The van der Waals surface area contributed by atoms with Gasteiger partial charge in [0.2, 0.25) is 0 Å². The molecule has 24 heavy (non-hydrogen) atoms. The quantitative estimate of drug-likeness (QED) is 0.554. The molecule has 0 saturated heterocycles. The summed E-state index contributed by atoms with van der Waals surface area (Å²) in [5.74, 6) is -0.711. The van der Waals surface area contributed by atoms with Gasteiger partial charge < -0.3 is 4.98 Å². The summed E-state index contributed by atoms with van der Waals surface area (Å²) in [5.41, 5.74) is 2.92. The number of benzene rings is 2. The number of hydrogen-bond acceptors (Lipinski definition) is 2. The van der Waals surface area contributed by atoms with E-state index in [9.17, 15) is 18.0 Å². The summed E-state index contributed by atoms with van der Waals surface area (Å²) in [4.78, 5) is 15.0. The van der Waals surface area contributed by atoms with Crippen LogP contribution >= 0.6 is 0 Å². The lowest BCUT2D eigenvalue weighted by molar-refractivity contribution is -0.137. The molecule has 122 valence electrons. The minimum absolute atomic E-state index is 0.110. The Kier molecular flexibility index (Phi) is 4.07. The summed E-state index contributed by atoms with van der Waals surface area (Å²) < 4.78 is 38.0. The van der Waals surface area contributed by atoms with E-state index in [4.69, 9.17) is 0 Å². The van der Waals surface area contributed by atoms with Crippen LogP contribution in [0.3, 0.4) is 0 Å². The number of alkyl halides is 3. The van der Waals surface area contributed by atoms with Gasteiger partial charge in [-0.15, -0.1) is 0 Å². The van der Waals surface area contributed by atoms with Crippen LogP contribution in [0.15, 0.2) is 59.8 Å². The number of nitrogens with zero attached hydrogens (tertiary/aromatic N) is 1. The number of halogens is 3. The van der Waals surface area contributed by atoms with Crippen molar-refractivity contribution in [2.75, 3.05) is 0 Å². The summed E-state index contributed by atoms with van der Waals surface area (Å²) in [6.07, 6.45) is -1.33. The Morgan fingerprint density at radius 2 is 1.92 bits per heavy atom. The van der Waals surface area contributed by atoms with Gasteiger partial charge in [0.25, 0.3) is 5.91 Å². The number of aromatic amines is 1. The number of H-pyrrole nitrogens is 1. The second-order valence-electron chi connectivity index (χ2n) is 5.07. The van der Waals surface area contributed by atoms with Gasteiger partial charge in [0.05, 0.1) is 11.8 Å². The van der Waals surface area contributed by atoms with Crippen LogP contribution in [0.25, 0.3) is 10.9 Å². The molecule has 3 rings (SSSR count). The van der Waals surface area contributed by atoms with Crippen LogP contribution in [0.4, 0.5) is 13.2 Å². The highest BCUT2D eigenvalue weighted by molar-refractivity contribution is 6.00. The van der Waals surface area contributed by atoms with E-state index >= 15 is 0 Å². The Balaban J connectivity index is 1.74. The average molecular weight is 331 g/mol. The Morgan fingerprint density at radius 3 is 2.71 bits per heavy atom. The molecule has 7 heteroatoms. The van der Waals surface area contributed by atoms with E-state index in [1.165, 1.54) is 18.3 Å². The monoisotopic (exact) mass is 331 g/mol. The maximum absolute atomic E-state index is 12.7. The van der Waals surface area contributed by atoms with Crippen molar-refractivity contribution in [3.05, 3.63) is 71.4 Å². The summed E-state index contributed by atoms with van der Waals surface area (Å²) in [5, 5.41) is 4.73. The van der Waals surface area contributed by atoms with Crippen LogP contribution in [0, 0.1) is 0 Å². The van der Waals surface area contributed by atoms with Gasteiger partial charge in [-0.2, -0.15) is 18.3 Å². The third kappa shape index (κ3) is 3.29. The van der Waals surface area contributed by atoms with Crippen LogP contribution in [0.2, 0.25) is 0 Å². The molecule has 4 nitrogen and oxygen atoms in total. The van der Waals surface area contributed by atoms with Crippen LogP contribution < -0.4 is 5.43 Å². The zero-order valence-electron chi connectivity index (χ0n) is 12.3. The number of carbonyl (C=O) groups excluding carboxylic acids is 1. The molecule has 0 fully saturated rings. The first-order valence-corrected chi connectivity index (χ1v) is 7.02. The van der Waals surface area contributed by atoms with Gasteiger partial charge in [-0.1, -0.05) is 24.3 Å². The number of amides is 1. The average Bonchev–Trinajstić information content (AvgIpc) is 2.97. The van der Waals surface area contributed by atoms with Crippen molar-refractivity contribution in [1.29, 1.82) is 0 Å². The van der Waals surface area contributed by atoms with Crippen molar-refractivity contribution < 1.29 is 18.0 Å². The van der Waals surface area contributed by atoms with Gasteiger partial charge in [0.1, 0.15) is 0 Å². The molecule has 2 N–H and O–H groups in total. The fourth-order valence-electron chi connectivity index (χ4n) is 2.26. The number of hydrazone groups is 1. The smallest absolute Gasteiger partial charge is 0.361 e. The van der Waals surface area contributed by atoms with Crippen LogP contribution in [0.1, 0.15) is 21.5 Å².